The van der Waals surface area contributed by atoms with Crippen molar-refractivity contribution in [2.24, 2.45) is 5.73 Å². The van der Waals surface area contributed by atoms with E-state index in [4.69, 9.17) is 10.8 Å². The van der Waals surface area contributed by atoms with E-state index in [0.717, 1.165) is 0 Å². The zero-order valence-electron chi connectivity index (χ0n) is 4.56. The molecule has 0 rings (SSSR count). The van der Waals surface area contributed by atoms with Crippen molar-refractivity contribution in [3.63, 3.8) is 0 Å². The Morgan fingerprint density at radius 2 is 2.12 bits per heavy atom. The van der Waals surface area contributed by atoms with Gasteiger partial charge in [0.1, 0.15) is 0 Å². The number of rotatable bonds is 2. The Morgan fingerprint density at radius 1 is 1.75 bits per heavy atom. The molecule has 0 spiro atoms. The third kappa shape index (κ3) is 2.18. The summed E-state index contributed by atoms with van der Waals surface area (Å²) in [4.78, 5) is 0. The first-order valence-electron chi connectivity index (χ1n) is 2.22. The average molecular weight is 125 g/mol. The predicted octanol–water partition coefficient (Wildman–Crippen LogP) is -0.0388. The van der Waals surface area contributed by atoms with E-state index in [2.05, 4.69) is 0 Å². The largest absolute Gasteiger partial charge is 0.395 e. The highest BCUT2D eigenvalue weighted by molar-refractivity contribution is 4.73. The molecule has 0 bridgehead atoms. The Kier molecular flexibility index (Phi) is 2.30. The minimum absolute atomic E-state index is 0.674. The molecule has 0 aromatic carbocycles. The molecule has 0 aliphatic carbocycles. The Balaban J connectivity index is 3.62. The average Bonchev–Trinajstić information content (AvgIpc) is 1.62. The molecule has 0 aliphatic heterocycles. The maximum absolute atomic E-state index is 11.8. The molecule has 0 aliphatic rings. The molecule has 1 atom stereocenters. The number of alkyl halides is 2. The lowest BCUT2D eigenvalue weighted by Gasteiger charge is -2.15. The van der Waals surface area contributed by atoms with Crippen molar-refractivity contribution in [1.82, 2.24) is 0 Å². The first kappa shape index (κ1) is 7.78. The minimum Gasteiger partial charge on any atom is -0.395 e. The van der Waals surface area contributed by atoms with Crippen LogP contribution in [0.15, 0.2) is 0 Å². The molecular weight excluding hydrogens is 116 g/mol. The molecule has 0 radical (unpaired) electrons. The molecule has 0 saturated heterocycles. The lowest BCUT2D eigenvalue weighted by atomic mass is 10.2. The van der Waals surface area contributed by atoms with Crippen molar-refractivity contribution in [2.45, 2.75) is 18.9 Å². The molecule has 0 amide bonds. The topological polar surface area (TPSA) is 46.2 Å². The van der Waals surface area contributed by atoms with Gasteiger partial charge >= 0.3 is 0 Å². The van der Waals surface area contributed by atoms with Crippen LogP contribution in [-0.4, -0.2) is 23.7 Å². The van der Waals surface area contributed by atoms with Crippen LogP contribution in [0.2, 0.25) is 0 Å². The van der Waals surface area contributed by atoms with Crippen LogP contribution in [0.5, 0.6) is 0 Å². The molecule has 0 fully saturated rings. The van der Waals surface area contributed by atoms with Crippen LogP contribution in [0.4, 0.5) is 8.78 Å². The fraction of sp³-hybridized carbons (Fsp3) is 1.00. The summed E-state index contributed by atoms with van der Waals surface area (Å²) in [5.74, 6) is -2.96. The summed E-state index contributed by atoms with van der Waals surface area (Å²) in [5.41, 5.74) is 4.75. The van der Waals surface area contributed by atoms with E-state index < -0.39 is 18.6 Å². The molecule has 3 N–H and O–H groups in total. The quantitative estimate of drug-likeness (QED) is 0.544. The molecule has 0 saturated carbocycles. The SMILES string of the molecule is CC(F)(F)[C@H](N)CO. The monoisotopic (exact) mass is 125 g/mol. The second-order valence-electron chi connectivity index (χ2n) is 1.75. The van der Waals surface area contributed by atoms with E-state index in [9.17, 15) is 8.78 Å². The maximum Gasteiger partial charge on any atom is 0.262 e. The highest BCUT2D eigenvalue weighted by Crippen LogP contribution is 2.14. The Hall–Kier alpha value is -0.220. The first-order chi connectivity index (χ1) is 3.48. The molecule has 50 valence electrons. The van der Waals surface area contributed by atoms with Gasteiger partial charge < -0.3 is 10.8 Å². The molecule has 0 aromatic rings. The van der Waals surface area contributed by atoms with E-state index in [-0.39, 0.29) is 0 Å². The van der Waals surface area contributed by atoms with Crippen LogP contribution in [0.25, 0.3) is 0 Å². The van der Waals surface area contributed by atoms with Crippen molar-refractivity contribution in [1.29, 1.82) is 0 Å². The molecular formula is C4H9F2NO. The van der Waals surface area contributed by atoms with Gasteiger partial charge in [0.25, 0.3) is 5.92 Å². The summed E-state index contributed by atoms with van der Waals surface area (Å²) in [6.45, 7) is -0.00259. The van der Waals surface area contributed by atoms with Crippen molar-refractivity contribution < 1.29 is 13.9 Å². The summed E-state index contributed by atoms with van der Waals surface area (Å²) in [6.07, 6.45) is 0. The van der Waals surface area contributed by atoms with Crippen molar-refractivity contribution >= 4 is 0 Å². The smallest absolute Gasteiger partial charge is 0.262 e. The number of aliphatic hydroxyl groups excluding tert-OH is 1. The fourth-order valence-electron chi connectivity index (χ4n) is 0.160. The lowest BCUT2D eigenvalue weighted by Crippen LogP contribution is -2.41. The van der Waals surface area contributed by atoms with Gasteiger partial charge in [-0.05, 0) is 0 Å². The number of hydrogen-bond donors (Lipinski definition) is 2. The van der Waals surface area contributed by atoms with Gasteiger partial charge in [-0.2, -0.15) is 0 Å². The van der Waals surface area contributed by atoms with Crippen LogP contribution in [0, 0.1) is 0 Å². The van der Waals surface area contributed by atoms with Gasteiger partial charge in [0.15, 0.2) is 0 Å². The van der Waals surface area contributed by atoms with Crippen LogP contribution in [-0.2, 0) is 0 Å². The van der Waals surface area contributed by atoms with Gasteiger partial charge in [-0.15, -0.1) is 0 Å². The van der Waals surface area contributed by atoms with Gasteiger partial charge in [0.05, 0.1) is 12.6 Å². The third-order valence-electron chi connectivity index (χ3n) is 0.848. The van der Waals surface area contributed by atoms with E-state index in [1.165, 1.54) is 0 Å². The van der Waals surface area contributed by atoms with Gasteiger partial charge in [0.2, 0.25) is 0 Å². The second kappa shape index (κ2) is 2.37. The third-order valence-corrected chi connectivity index (χ3v) is 0.848. The van der Waals surface area contributed by atoms with Crippen molar-refractivity contribution in [2.75, 3.05) is 6.61 Å². The van der Waals surface area contributed by atoms with Gasteiger partial charge in [-0.25, -0.2) is 8.78 Å². The fourth-order valence-corrected chi connectivity index (χ4v) is 0.160. The summed E-state index contributed by atoms with van der Waals surface area (Å²) in [7, 11) is 0. The molecule has 0 heterocycles. The first-order valence-corrected chi connectivity index (χ1v) is 2.22. The molecule has 0 unspecified atom stereocenters. The summed E-state index contributed by atoms with van der Waals surface area (Å²) in [5, 5.41) is 8.07. The van der Waals surface area contributed by atoms with Crippen molar-refractivity contribution in [3.8, 4) is 0 Å². The number of aliphatic hydroxyl groups is 1. The normalized spacial score (nSPS) is 16.1. The lowest BCUT2D eigenvalue weighted by molar-refractivity contribution is -0.0220. The van der Waals surface area contributed by atoms with E-state index in [1.54, 1.807) is 0 Å². The van der Waals surface area contributed by atoms with Crippen LogP contribution < -0.4 is 5.73 Å². The van der Waals surface area contributed by atoms with Crippen LogP contribution >= 0.6 is 0 Å². The summed E-state index contributed by atoms with van der Waals surface area (Å²) >= 11 is 0. The molecule has 4 heteroatoms. The zero-order chi connectivity index (χ0) is 6.78. The zero-order valence-corrected chi connectivity index (χ0v) is 4.56. The maximum atomic E-state index is 11.8. The number of hydrogen-bond acceptors (Lipinski definition) is 2. The Morgan fingerprint density at radius 3 is 2.12 bits per heavy atom. The highest BCUT2D eigenvalue weighted by Gasteiger charge is 2.29. The number of nitrogens with two attached hydrogens (primary N) is 1. The van der Waals surface area contributed by atoms with E-state index in [0.29, 0.717) is 6.92 Å². The standard InChI is InChI=1S/C4H9F2NO/c1-4(5,6)3(7)2-8/h3,8H,2,7H2,1H3/t3-/m1/s1. The molecule has 2 nitrogen and oxygen atoms in total. The van der Waals surface area contributed by atoms with Gasteiger partial charge in [-0.1, -0.05) is 0 Å². The van der Waals surface area contributed by atoms with E-state index in [1.807, 2.05) is 0 Å². The second-order valence-corrected chi connectivity index (χ2v) is 1.75. The Labute approximate surface area is 46.3 Å². The predicted molar refractivity (Wildman–Crippen MR) is 25.7 cm³/mol. The molecule has 8 heavy (non-hydrogen) atoms. The number of halogens is 2. The summed E-state index contributed by atoms with van der Waals surface area (Å²) in [6, 6.07) is -1.43. The molecule has 0 aromatic heterocycles. The van der Waals surface area contributed by atoms with Gasteiger partial charge in [0, 0.05) is 6.92 Å². The van der Waals surface area contributed by atoms with Crippen molar-refractivity contribution in [3.05, 3.63) is 0 Å². The van der Waals surface area contributed by atoms with Crippen LogP contribution in [0.1, 0.15) is 6.92 Å². The van der Waals surface area contributed by atoms with E-state index >= 15 is 0 Å². The minimum atomic E-state index is -2.96. The Bertz CT molecular complexity index is 70.9. The highest BCUT2D eigenvalue weighted by atomic mass is 19.3. The summed E-state index contributed by atoms with van der Waals surface area (Å²) < 4.78 is 23.7. The van der Waals surface area contributed by atoms with Crippen LogP contribution in [0.3, 0.4) is 0 Å². The van der Waals surface area contributed by atoms with Gasteiger partial charge in [-0.3, -0.25) is 0 Å².